The fourth-order valence-corrected chi connectivity index (χ4v) is 4.67. The summed E-state index contributed by atoms with van der Waals surface area (Å²) in [5.74, 6) is -3.13. The van der Waals surface area contributed by atoms with E-state index in [2.05, 4.69) is 5.32 Å². The number of carboxylic acids is 1. The number of nitrogens with zero attached hydrogens (tertiary/aromatic N) is 1. The second kappa shape index (κ2) is 9.26. The highest BCUT2D eigenvalue weighted by atomic mass is 16.4. The van der Waals surface area contributed by atoms with Gasteiger partial charge < -0.3 is 20.4 Å². The fraction of sp³-hybridized carbons (Fsp3) is 0.320. The number of amides is 2. The molecule has 1 saturated carbocycles. The lowest BCUT2D eigenvalue weighted by Crippen LogP contribution is -2.53. The van der Waals surface area contributed by atoms with E-state index < -0.39 is 24.3 Å². The number of carbonyl (C=O) groups is 3. The van der Waals surface area contributed by atoms with Crippen LogP contribution < -0.4 is 5.32 Å². The molecule has 2 aromatic carbocycles. The first-order chi connectivity index (χ1) is 15.5. The van der Waals surface area contributed by atoms with Crippen LogP contribution in [0.5, 0.6) is 0 Å². The van der Waals surface area contributed by atoms with Gasteiger partial charge in [0.05, 0.1) is 0 Å². The largest absolute Gasteiger partial charge is 0.511 e. The SMILES string of the molecule is O=C(O)CNC(=O)C1=C(O)[C@@H]2CCCC[C@@H]2N(Cc2ccc(-c3ccccc3)cc2)C1=O. The number of carbonyl (C=O) groups excluding carboxylic acids is 2. The van der Waals surface area contributed by atoms with E-state index in [-0.39, 0.29) is 23.3 Å². The minimum Gasteiger partial charge on any atom is -0.511 e. The van der Waals surface area contributed by atoms with Gasteiger partial charge in [0.25, 0.3) is 11.8 Å². The first-order valence-electron chi connectivity index (χ1n) is 10.8. The average Bonchev–Trinajstić information content (AvgIpc) is 2.81. The number of benzene rings is 2. The van der Waals surface area contributed by atoms with Crippen LogP contribution in [0.25, 0.3) is 11.1 Å². The third-order valence-corrected chi connectivity index (χ3v) is 6.25. The standard InChI is InChI=1S/C25H26N2O5/c28-21(29)14-26-24(31)22-23(30)19-8-4-5-9-20(19)27(25(22)32)15-16-10-12-18(13-11-16)17-6-2-1-3-7-17/h1-3,6-7,10-13,19-20,30H,4-5,8-9,14-15H2,(H,26,31)(H,28,29)/t19-,20+/m1/s1. The van der Waals surface area contributed by atoms with Gasteiger partial charge in [0.15, 0.2) is 0 Å². The number of aliphatic carboxylic acids is 1. The molecular formula is C25H26N2O5. The Balaban J connectivity index is 1.59. The molecule has 0 bridgehead atoms. The van der Waals surface area contributed by atoms with Gasteiger partial charge in [0.1, 0.15) is 17.9 Å². The van der Waals surface area contributed by atoms with Crippen LogP contribution in [0.4, 0.5) is 0 Å². The van der Waals surface area contributed by atoms with Crippen LogP contribution >= 0.6 is 0 Å². The number of hydrogen-bond donors (Lipinski definition) is 3. The van der Waals surface area contributed by atoms with Crippen LogP contribution in [-0.2, 0) is 20.9 Å². The Kier molecular flexibility index (Phi) is 6.25. The zero-order valence-corrected chi connectivity index (χ0v) is 17.7. The molecule has 1 fully saturated rings. The molecule has 0 saturated heterocycles. The summed E-state index contributed by atoms with van der Waals surface area (Å²) < 4.78 is 0. The Bertz CT molecular complexity index is 1050. The Morgan fingerprint density at radius 2 is 1.62 bits per heavy atom. The molecule has 1 heterocycles. The van der Waals surface area contributed by atoms with E-state index in [1.54, 1.807) is 4.90 Å². The summed E-state index contributed by atoms with van der Waals surface area (Å²) in [7, 11) is 0. The van der Waals surface area contributed by atoms with Gasteiger partial charge in [-0.15, -0.1) is 0 Å². The van der Waals surface area contributed by atoms with E-state index in [1.807, 2.05) is 54.6 Å². The molecule has 0 aromatic heterocycles. The van der Waals surface area contributed by atoms with Crippen LogP contribution in [0.3, 0.4) is 0 Å². The van der Waals surface area contributed by atoms with Crippen molar-refractivity contribution in [3.8, 4) is 11.1 Å². The number of rotatable bonds is 6. The van der Waals surface area contributed by atoms with Gasteiger partial charge in [-0.3, -0.25) is 14.4 Å². The molecule has 7 heteroatoms. The second-order valence-electron chi connectivity index (χ2n) is 8.29. The monoisotopic (exact) mass is 434 g/mol. The predicted molar refractivity (Wildman–Crippen MR) is 118 cm³/mol. The Morgan fingerprint density at radius 3 is 2.31 bits per heavy atom. The molecular weight excluding hydrogens is 408 g/mol. The van der Waals surface area contributed by atoms with E-state index in [1.165, 1.54) is 0 Å². The van der Waals surface area contributed by atoms with E-state index in [0.717, 1.165) is 36.0 Å². The topological polar surface area (TPSA) is 107 Å². The van der Waals surface area contributed by atoms with Crippen molar-refractivity contribution in [3.63, 3.8) is 0 Å². The number of aliphatic hydroxyl groups excluding tert-OH is 1. The van der Waals surface area contributed by atoms with Crippen molar-refractivity contribution >= 4 is 17.8 Å². The molecule has 2 amide bonds. The normalized spacial score (nSPS) is 20.6. The Labute approximate surface area is 186 Å². The smallest absolute Gasteiger partial charge is 0.322 e. The fourth-order valence-electron chi connectivity index (χ4n) is 4.67. The number of fused-ring (bicyclic) bond motifs is 1. The molecule has 32 heavy (non-hydrogen) atoms. The van der Waals surface area contributed by atoms with Gasteiger partial charge in [0.2, 0.25) is 0 Å². The maximum absolute atomic E-state index is 13.3. The second-order valence-corrected chi connectivity index (χ2v) is 8.29. The van der Waals surface area contributed by atoms with Gasteiger partial charge >= 0.3 is 5.97 Å². The summed E-state index contributed by atoms with van der Waals surface area (Å²) in [6, 6.07) is 17.8. The van der Waals surface area contributed by atoms with Gasteiger partial charge in [-0.05, 0) is 29.5 Å². The molecule has 3 N–H and O–H groups in total. The van der Waals surface area contributed by atoms with Gasteiger partial charge in [-0.25, -0.2) is 0 Å². The number of hydrogen-bond acceptors (Lipinski definition) is 4. The molecule has 1 aliphatic carbocycles. The van der Waals surface area contributed by atoms with E-state index in [0.29, 0.717) is 13.0 Å². The Morgan fingerprint density at radius 1 is 0.969 bits per heavy atom. The van der Waals surface area contributed by atoms with Crippen LogP contribution in [0.15, 0.2) is 65.9 Å². The van der Waals surface area contributed by atoms with Crippen LogP contribution in [0.2, 0.25) is 0 Å². The molecule has 166 valence electrons. The lowest BCUT2D eigenvalue weighted by atomic mass is 9.78. The zero-order chi connectivity index (χ0) is 22.7. The van der Waals surface area contributed by atoms with Crippen LogP contribution in [-0.4, -0.2) is 45.5 Å². The highest BCUT2D eigenvalue weighted by Gasteiger charge is 2.44. The van der Waals surface area contributed by atoms with Crippen molar-refractivity contribution < 1.29 is 24.6 Å². The summed E-state index contributed by atoms with van der Waals surface area (Å²) in [6.07, 6.45) is 3.30. The molecule has 2 aromatic rings. The summed E-state index contributed by atoms with van der Waals surface area (Å²) in [5, 5.41) is 21.8. The van der Waals surface area contributed by atoms with Gasteiger partial charge in [-0.2, -0.15) is 0 Å². The molecule has 0 spiro atoms. The lowest BCUT2D eigenvalue weighted by molar-refractivity contribution is -0.140. The lowest BCUT2D eigenvalue weighted by Gasteiger charge is -2.43. The first-order valence-corrected chi connectivity index (χ1v) is 10.8. The third kappa shape index (κ3) is 4.37. The van der Waals surface area contributed by atoms with Crippen LogP contribution in [0, 0.1) is 5.92 Å². The quantitative estimate of drug-likeness (QED) is 0.605. The number of nitrogens with one attached hydrogen (secondary N) is 1. The van der Waals surface area contributed by atoms with Crippen molar-refractivity contribution in [1.82, 2.24) is 10.2 Å². The minimum atomic E-state index is -1.22. The molecule has 0 unspecified atom stereocenters. The van der Waals surface area contributed by atoms with Crippen molar-refractivity contribution in [2.45, 2.75) is 38.3 Å². The molecule has 0 radical (unpaired) electrons. The maximum atomic E-state index is 13.3. The summed E-state index contributed by atoms with van der Waals surface area (Å²) in [4.78, 5) is 38.3. The summed E-state index contributed by atoms with van der Waals surface area (Å²) in [6.45, 7) is -0.296. The zero-order valence-electron chi connectivity index (χ0n) is 17.7. The highest BCUT2D eigenvalue weighted by Crippen LogP contribution is 2.39. The molecule has 1 aliphatic heterocycles. The highest BCUT2D eigenvalue weighted by molar-refractivity contribution is 6.19. The number of carboxylic acid groups (broad SMARTS) is 1. The predicted octanol–water partition coefficient (Wildman–Crippen LogP) is 3.27. The molecule has 2 atom stereocenters. The van der Waals surface area contributed by atoms with Crippen molar-refractivity contribution in [1.29, 1.82) is 0 Å². The minimum absolute atomic E-state index is 0.180. The average molecular weight is 434 g/mol. The van der Waals surface area contributed by atoms with E-state index in [9.17, 15) is 19.5 Å². The molecule has 7 nitrogen and oxygen atoms in total. The molecule has 4 rings (SSSR count). The molecule has 2 aliphatic rings. The van der Waals surface area contributed by atoms with Crippen molar-refractivity contribution in [2.24, 2.45) is 5.92 Å². The van der Waals surface area contributed by atoms with Gasteiger partial charge in [0, 0.05) is 18.5 Å². The number of aliphatic hydroxyl groups is 1. The summed E-state index contributed by atoms with van der Waals surface area (Å²) >= 11 is 0. The van der Waals surface area contributed by atoms with Crippen molar-refractivity contribution in [2.75, 3.05) is 6.54 Å². The van der Waals surface area contributed by atoms with E-state index >= 15 is 0 Å². The first kappa shape index (κ1) is 21.6. The third-order valence-electron chi connectivity index (χ3n) is 6.25. The van der Waals surface area contributed by atoms with Crippen LogP contribution in [0.1, 0.15) is 31.2 Å². The van der Waals surface area contributed by atoms with Crippen molar-refractivity contribution in [3.05, 3.63) is 71.5 Å². The van der Waals surface area contributed by atoms with E-state index in [4.69, 9.17) is 5.11 Å². The summed E-state index contributed by atoms with van der Waals surface area (Å²) in [5.41, 5.74) is 2.76. The maximum Gasteiger partial charge on any atom is 0.322 e. The van der Waals surface area contributed by atoms with Gasteiger partial charge in [-0.1, -0.05) is 67.4 Å². The Hall–Kier alpha value is -3.61.